The number of rotatable bonds is 7. The van der Waals surface area contributed by atoms with Gasteiger partial charge in [-0.25, -0.2) is 13.2 Å². The van der Waals surface area contributed by atoms with E-state index in [1.54, 1.807) is 13.8 Å². The number of esters is 2. The number of carbonyl (C=O) groups is 2. The van der Waals surface area contributed by atoms with Gasteiger partial charge in [0.05, 0.1) is 23.7 Å². The number of hydrogen-bond donors (Lipinski definition) is 1. The van der Waals surface area contributed by atoms with Crippen LogP contribution in [0.1, 0.15) is 24.2 Å². The first-order valence-electron chi connectivity index (χ1n) is 6.33. The van der Waals surface area contributed by atoms with Crippen LogP contribution in [0, 0.1) is 0 Å². The molecule has 0 saturated heterocycles. The van der Waals surface area contributed by atoms with Gasteiger partial charge in [-0.2, -0.15) is 4.72 Å². The van der Waals surface area contributed by atoms with Crippen molar-refractivity contribution in [2.75, 3.05) is 19.8 Å². The SMILES string of the molecule is CCOC(=O)CNS(=O)(=O)c1ccccc1C(=O)OCC. The molecule has 1 aromatic carbocycles. The number of ether oxygens (including phenoxy) is 2. The molecule has 0 aliphatic heterocycles. The van der Waals surface area contributed by atoms with Gasteiger partial charge in [0.2, 0.25) is 10.0 Å². The maximum absolute atomic E-state index is 12.1. The first-order chi connectivity index (χ1) is 9.92. The molecule has 0 aromatic heterocycles. The molecule has 21 heavy (non-hydrogen) atoms. The number of hydrogen-bond acceptors (Lipinski definition) is 6. The molecule has 0 heterocycles. The van der Waals surface area contributed by atoms with Crippen LogP contribution >= 0.6 is 0 Å². The molecule has 0 spiro atoms. The van der Waals surface area contributed by atoms with Crippen LogP contribution in [0.2, 0.25) is 0 Å². The molecule has 1 N–H and O–H groups in total. The lowest BCUT2D eigenvalue weighted by Crippen LogP contribution is -2.31. The molecule has 0 amide bonds. The third-order valence-electron chi connectivity index (χ3n) is 2.38. The van der Waals surface area contributed by atoms with Crippen LogP contribution in [0.5, 0.6) is 0 Å². The molecule has 0 saturated carbocycles. The minimum Gasteiger partial charge on any atom is -0.465 e. The quantitative estimate of drug-likeness (QED) is 0.744. The van der Waals surface area contributed by atoms with Crippen molar-refractivity contribution in [2.24, 2.45) is 0 Å². The maximum Gasteiger partial charge on any atom is 0.339 e. The highest BCUT2D eigenvalue weighted by Gasteiger charge is 2.23. The van der Waals surface area contributed by atoms with Gasteiger partial charge in [-0.15, -0.1) is 0 Å². The van der Waals surface area contributed by atoms with Crippen LogP contribution in [0.15, 0.2) is 29.2 Å². The van der Waals surface area contributed by atoms with Gasteiger partial charge in [0.1, 0.15) is 6.54 Å². The van der Waals surface area contributed by atoms with Crippen molar-refractivity contribution in [1.29, 1.82) is 0 Å². The Morgan fingerprint density at radius 1 is 1.10 bits per heavy atom. The summed E-state index contributed by atoms with van der Waals surface area (Å²) in [4.78, 5) is 22.7. The molecule has 8 heteroatoms. The van der Waals surface area contributed by atoms with Crippen molar-refractivity contribution in [3.05, 3.63) is 29.8 Å². The average molecular weight is 315 g/mol. The van der Waals surface area contributed by atoms with Crippen LogP contribution in [-0.4, -0.2) is 40.1 Å². The largest absolute Gasteiger partial charge is 0.465 e. The average Bonchev–Trinajstić information content (AvgIpc) is 2.46. The lowest BCUT2D eigenvalue weighted by molar-refractivity contribution is -0.141. The van der Waals surface area contributed by atoms with Crippen LogP contribution in [0.25, 0.3) is 0 Å². The summed E-state index contributed by atoms with van der Waals surface area (Å²) in [7, 11) is -4.02. The van der Waals surface area contributed by atoms with E-state index >= 15 is 0 Å². The Hall–Kier alpha value is -1.93. The van der Waals surface area contributed by atoms with Crippen molar-refractivity contribution in [1.82, 2.24) is 4.72 Å². The molecule has 0 unspecified atom stereocenters. The van der Waals surface area contributed by atoms with Crippen molar-refractivity contribution in [3.63, 3.8) is 0 Å². The predicted molar refractivity (Wildman–Crippen MR) is 74.2 cm³/mol. The van der Waals surface area contributed by atoms with E-state index in [4.69, 9.17) is 4.74 Å². The molecule has 0 aliphatic rings. The molecule has 0 radical (unpaired) electrons. The normalized spacial score (nSPS) is 11.0. The zero-order valence-electron chi connectivity index (χ0n) is 11.8. The first-order valence-corrected chi connectivity index (χ1v) is 7.82. The number of sulfonamides is 1. The lowest BCUT2D eigenvalue weighted by Gasteiger charge is -2.10. The Balaban J connectivity index is 2.98. The molecule has 116 valence electrons. The maximum atomic E-state index is 12.1. The van der Waals surface area contributed by atoms with Gasteiger partial charge in [-0.3, -0.25) is 4.79 Å². The fourth-order valence-corrected chi connectivity index (χ4v) is 2.68. The second-order valence-corrected chi connectivity index (χ2v) is 5.58. The molecule has 0 bridgehead atoms. The van der Waals surface area contributed by atoms with Gasteiger partial charge in [-0.05, 0) is 26.0 Å². The second-order valence-electron chi connectivity index (χ2n) is 3.85. The molecule has 1 rings (SSSR count). The molecule has 0 fully saturated rings. The molecule has 0 aliphatic carbocycles. The number of carbonyl (C=O) groups excluding carboxylic acids is 2. The Bertz CT molecular complexity index is 611. The zero-order chi connectivity index (χ0) is 15.9. The summed E-state index contributed by atoms with van der Waals surface area (Å²) in [5, 5.41) is 0. The summed E-state index contributed by atoms with van der Waals surface area (Å²) in [6.07, 6.45) is 0. The van der Waals surface area contributed by atoms with Gasteiger partial charge in [0.15, 0.2) is 0 Å². The molecule has 0 atom stereocenters. The predicted octanol–water partition coefficient (Wildman–Crippen LogP) is 0.705. The molecular weight excluding hydrogens is 298 g/mol. The van der Waals surface area contributed by atoms with Gasteiger partial charge >= 0.3 is 11.9 Å². The Morgan fingerprint density at radius 3 is 2.33 bits per heavy atom. The van der Waals surface area contributed by atoms with Crippen LogP contribution in [0.4, 0.5) is 0 Å². The van der Waals surface area contributed by atoms with Crippen LogP contribution < -0.4 is 4.72 Å². The minimum absolute atomic E-state index is 0.0873. The van der Waals surface area contributed by atoms with E-state index in [-0.39, 0.29) is 23.7 Å². The van der Waals surface area contributed by atoms with E-state index in [2.05, 4.69) is 9.46 Å². The summed E-state index contributed by atoms with van der Waals surface area (Å²) in [5.41, 5.74) is -0.0873. The number of benzene rings is 1. The number of nitrogens with one attached hydrogen (secondary N) is 1. The summed E-state index contributed by atoms with van der Waals surface area (Å²) < 4.78 is 35.8. The molecular formula is C13H17NO6S. The van der Waals surface area contributed by atoms with E-state index in [1.807, 2.05) is 0 Å². The highest BCUT2D eigenvalue weighted by Crippen LogP contribution is 2.16. The fourth-order valence-electron chi connectivity index (χ4n) is 1.52. The first kappa shape index (κ1) is 17.1. The van der Waals surface area contributed by atoms with Gasteiger partial charge in [-0.1, -0.05) is 12.1 Å². The smallest absolute Gasteiger partial charge is 0.339 e. The highest BCUT2D eigenvalue weighted by molar-refractivity contribution is 7.89. The van der Waals surface area contributed by atoms with Crippen LogP contribution in [0.3, 0.4) is 0 Å². The standard InChI is InChI=1S/C13H17NO6S/c1-3-19-12(15)9-14-21(17,18)11-8-6-5-7-10(11)13(16)20-4-2/h5-8,14H,3-4,9H2,1-2H3. The summed E-state index contributed by atoms with van der Waals surface area (Å²) >= 11 is 0. The fraction of sp³-hybridized carbons (Fsp3) is 0.385. The highest BCUT2D eigenvalue weighted by atomic mass is 32.2. The van der Waals surface area contributed by atoms with E-state index in [0.717, 1.165) is 0 Å². The molecule has 7 nitrogen and oxygen atoms in total. The summed E-state index contributed by atoms with van der Waals surface area (Å²) in [6, 6.07) is 5.61. The van der Waals surface area contributed by atoms with E-state index in [9.17, 15) is 18.0 Å². The van der Waals surface area contributed by atoms with Crippen LogP contribution in [-0.2, 0) is 24.3 Å². The Kier molecular flexibility index (Phi) is 6.32. The van der Waals surface area contributed by atoms with Gasteiger partial charge < -0.3 is 9.47 Å². The van der Waals surface area contributed by atoms with Crippen molar-refractivity contribution in [3.8, 4) is 0 Å². The van der Waals surface area contributed by atoms with E-state index < -0.39 is 28.5 Å². The van der Waals surface area contributed by atoms with Crippen molar-refractivity contribution >= 4 is 22.0 Å². The Labute approximate surface area is 123 Å². The topological polar surface area (TPSA) is 98.8 Å². The summed E-state index contributed by atoms with van der Waals surface area (Å²) in [6.45, 7) is 3.01. The van der Waals surface area contributed by atoms with E-state index in [0.29, 0.717) is 0 Å². The zero-order valence-corrected chi connectivity index (χ0v) is 12.6. The second kappa shape index (κ2) is 7.75. The van der Waals surface area contributed by atoms with Crippen molar-refractivity contribution < 1.29 is 27.5 Å². The third kappa shape index (κ3) is 4.83. The monoisotopic (exact) mass is 315 g/mol. The summed E-state index contributed by atoms with van der Waals surface area (Å²) in [5.74, 6) is -1.44. The van der Waals surface area contributed by atoms with Gasteiger partial charge in [0, 0.05) is 0 Å². The Morgan fingerprint density at radius 2 is 1.71 bits per heavy atom. The van der Waals surface area contributed by atoms with E-state index in [1.165, 1.54) is 24.3 Å². The molecule has 1 aromatic rings. The minimum atomic E-state index is -4.02. The van der Waals surface area contributed by atoms with Gasteiger partial charge in [0.25, 0.3) is 0 Å². The van der Waals surface area contributed by atoms with Crippen molar-refractivity contribution in [2.45, 2.75) is 18.7 Å². The lowest BCUT2D eigenvalue weighted by atomic mass is 10.2. The third-order valence-corrected chi connectivity index (χ3v) is 3.84.